The van der Waals surface area contributed by atoms with Gasteiger partial charge in [-0.15, -0.1) is 0 Å². The number of phenolic OH excluding ortho intramolecular Hbond substituents is 1. The molecule has 0 radical (unpaired) electrons. The molecule has 0 aromatic heterocycles. The molecule has 1 N–H and O–H groups in total. The average molecular weight is 436 g/mol. The predicted molar refractivity (Wildman–Crippen MR) is 117 cm³/mol. The molecule has 32 heavy (non-hydrogen) atoms. The standard InChI is InChI=1S/C23H20N2O7/c1-3-32-23(27)22-14(2)19(12-15-4-8-17(9-5-15)24(28)29)21(26)13-20(22)16-6-10-18(11-7-16)25(30)31/h4-11,13,26H,3,12H2,1-2H3. The largest absolute Gasteiger partial charge is 0.508 e. The second-order valence-electron chi connectivity index (χ2n) is 7.05. The number of non-ortho nitro benzene ring substituents is 2. The highest BCUT2D eigenvalue weighted by atomic mass is 16.6. The van der Waals surface area contributed by atoms with Gasteiger partial charge in [-0.05, 0) is 48.7 Å². The number of phenols is 1. The van der Waals surface area contributed by atoms with E-state index < -0.39 is 15.8 Å². The molecule has 0 aliphatic heterocycles. The van der Waals surface area contributed by atoms with Gasteiger partial charge in [0.2, 0.25) is 0 Å². The van der Waals surface area contributed by atoms with Crippen molar-refractivity contribution in [3.05, 3.63) is 97.1 Å². The van der Waals surface area contributed by atoms with E-state index in [1.54, 1.807) is 26.0 Å². The lowest BCUT2D eigenvalue weighted by Crippen LogP contribution is -2.11. The Bertz CT molecular complexity index is 1190. The lowest BCUT2D eigenvalue weighted by Gasteiger charge is -2.17. The van der Waals surface area contributed by atoms with Crippen molar-refractivity contribution in [2.75, 3.05) is 6.61 Å². The molecule has 0 aliphatic carbocycles. The number of ether oxygens (including phenoxy) is 1. The SMILES string of the molecule is CCOC(=O)c1c(-c2ccc([N+](=O)[O-])cc2)cc(O)c(Cc2ccc([N+](=O)[O-])cc2)c1C. The Hall–Kier alpha value is -4.27. The van der Waals surface area contributed by atoms with Crippen LogP contribution < -0.4 is 0 Å². The molecule has 0 saturated heterocycles. The number of hydrogen-bond acceptors (Lipinski definition) is 7. The number of nitrogens with zero attached hydrogens (tertiary/aromatic N) is 2. The second-order valence-corrected chi connectivity index (χ2v) is 7.05. The van der Waals surface area contributed by atoms with Crippen molar-refractivity contribution in [2.45, 2.75) is 20.3 Å². The van der Waals surface area contributed by atoms with E-state index in [-0.39, 0.29) is 35.7 Å². The van der Waals surface area contributed by atoms with Gasteiger partial charge in [0, 0.05) is 41.8 Å². The summed E-state index contributed by atoms with van der Waals surface area (Å²) in [5.41, 5.74) is 2.70. The van der Waals surface area contributed by atoms with Crippen molar-refractivity contribution in [3.63, 3.8) is 0 Å². The van der Waals surface area contributed by atoms with E-state index in [9.17, 15) is 30.1 Å². The molecule has 3 aromatic carbocycles. The van der Waals surface area contributed by atoms with Crippen LogP contribution in [0, 0.1) is 27.2 Å². The van der Waals surface area contributed by atoms with Crippen LogP contribution in [-0.4, -0.2) is 27.5 Å². The van der Waals surface area contributed by atoms with Crippen molar-refractivity contribution in [2.24, 2.45) is 0 Å². The Morgan fingerprint density at radius 3 is 2.00 bits per heavy atom. The van der Waals surface area contributed by atoms with Crippen LogP contribution in [0.1, 0.15) is 34.0 Å². The molecule has 0 bridgehead atoms. The Morgan fingerprint density at radius 2 is 1.50 bits per heavy atom. The number of esters is 1. The van der Waals surface area contributed by atoms with Gasteiger partial charge < -0.3 is 9.84 Å². The maximum atomic E-state index is 12.8. The van der Waals surface area contributed by atoms with Gasteiger partial charge in [0.05, 0.1) is 22.0 Å². The number of hydrogen-bond donors (Lipinski definition) is 1. The summed E-state index contributed by atoms with van der Waals surface area (Å²) in [7, 11) is 0. The van der Waals surface area contributed by atoms with Crippen LogP contribution in [0.25, 0.3) is 11.1 Å². The maximum Gasteiger partial charge on any atom is 0.339 e. The first kappa shape index (κ1) is 22.4. The Labute approximate surface area is 183 Å². The molecule has 3 rings (SSSR count). The number of carbonyl (C=O) groups excluding carboxylic acids is 1. The van der Waals surface area contributed by atoms with Crippen molar-refractivity contribution in [1.82, 2.24) is 0 Å². The zero-order valence-electron chi connectivity index (χ0n) is 17.4. The third-order valence-electron chi connectivity index (χ3n) is 5.08. The van der Waals surface area contributed by atoms with Crippen LogP contribution in [0.4, 0.5) is 11.4 Å². The van der Waals surface area contributed by atoms with Gasteiger partial charge in [-0.2, -0.15) is 0 Å². The fourth-order valence-electron chi connectivity index (χ4n) is 3.46. The van der Waals surface area contributed by atoms with E-state index in [2.05, 4.69) is 0 Å². The topological polar surface area (TPSA) is 133 Å². The van der Waals surface area contributed by atoms with Crippen molar-refractivity contribution >= 4 is 17.3 Å². The third-order valence-corrected chi connectivity index (χ3v) is 5.08. The summed E-state index contributed by atoms with van der Waals surface area (Å²) >= 11 is 0. The van der Waals surface area contributed by atoms with Crippen LogP contribution in [0.5, 0.6) is 5.75 Å². The molecular weight excluding hydrogens is 416 g/mol. The highest BCUT2D eigenvalue weighted by Crippen LogP contribution is 2.36. The number of carbonyl (C=O) groups is 1. The van der Waals surface area contributed by atoms with Gasteiger partial charge in [-0.3, -0.25) is 20.2 Å². The molecule has 0 spiro atoms. The van der Waals surface area contributed by atoms with Crippen LogP contribution in [0.15, 0.2) is 54.6 Å². The van der Waals surface area contributed by atoms with Gasteiger partial charge >= 0.3 is 5.97 Å². The van der Waals surface area contributed by atoms with Gasteiger partial charge in [0.1, 0.15) is 5.75 Å². The van der Waals surface area contributed by atoms with Crippen molar-refractivity contribution in [3.8, 4) is 16.9 Å². The summed E-state index contributed by atoms with van der Waals surface area (Å²) in [5, 5.41) is 32.6. The quantitative estimate of drug-likeness (QED) is 0.315. The molecule has 0 fully saturated rings. The number of aromatic hydroxyl groups is 1. The zero-order valence-corrected chi connectivity index (χ0v) is 17.4. The van der Waals surface area contributed by atoms with Crippen molar-refractivity contribution < 1.29 is 24.5 Å². The minimum atomic E-state index is -0.580. The first-order valence-electron chi connectivity index (χ1n) is 9.73. The highest BCUT2D eigenvalue weighted by molar-refractivity contribution is 6.00. The van der Waals surface area contributed by atoms with Gasteiger partial charge in [-0.1, -0.05) is 12.1 Å². The van der Waals surface area contributed by atoms with E-state index in [4.69, 9.17) is 4.74 Å². The molecule has 0 atom stereocenters. The Balaban J connectivity index is 2.10. The molecule has 0 heterocycles. The first-order chi connectivity index (χ1) is 15.2. The number of nitro benzene ring substituents is 2. The number of rotatable bonds is 7. The minimum Gasteiger partial charge on any atom is -0.508 e. The summed E-state index contributed by atoms with van der Waals surface area (Å²) in [6.07, 6.45) is 0.239. The zero-order chi connectivity index (χ0) is 23.4. The molecular formula is C23H20N2O7. The van der Waals surface area contributed by atoms with E-state index in [1.807, 2.05) is 0 Å². The van der Waals surface area contributed by atoms with E-state index in [0.717, 1.165) is 0 Å². The molecule has 0 saturated carbocycles. The third kappa shape index (κ3) is 4.56. The van der Waals surface area contributed by atoms with E-state index in [1.165, 1.54) is 42.5 Å². The predicted octanol–water partition coefficient (Wildman–Crippen LogP) is 4.95. The van der Waals surface area contributed by atoms with Gasteiger partial charge in [0.25, 0.3) is 11.4 Å². The first-order valence-corrected chi connectivity index (χ1v) is 9.73. The lowest BCUT2D eigenvalue weighted by molar-refractivity contribution is -0.385. The van der Waals surface area contributed by atoms with Crippen LogP contribution in [-0.2, 0) is 11.2 Å². The summed E-state index contributed by atoms with van der Waals surface area (Å²) in [6, 6.07) is 13.0. The second kappa shape index (κ2) is 9.25. The summed E-state index contributed by atoms with van der Waals surface area (Å²) in [6.45, 7) is 3.51. The highest BCUT2D eigenvalue weighted by Gasteiger charge is 2.23. The van der Waals surface area contributed by atoms with Crippen LogP contribution >= 0.6 is 0 Å². The smallest absolute Gasteiger partial charge is 0.339 e. The van der Waals surface area contributed by atoms with Crippen LogP contribution in [0.3, 0.4) is 0 Å². The molecule has 3 aromatic rings. The van der Waals surface area contributed by atoms with Gasteiger partial charge in [0.15, 0.2) is 0 Å². The number of nitro groups is 2. The molecule has 0 unspecified atom stereocenters. The normalized spacial score (nSPS) is 10.6. The Kier molecular flexibility index (Phi) is 6.48. The number of benzene rings is 3. The fourth-order valence-corrected chi connectivity index (χ4v) is 3.46. The monoisotopic (exact) mass is 436 g/mol. The molecule has 0 amide bonds. The van der Waals surface area contributed by atoms with Crippen molar-refractivity contribution in [1.29, 1.82) is 0 Å². The van der Waals surface area contributed by atoms with Crippen LogP contribution in [0.2, 0.25) is 0 Å². The summed E-state index contributed by atoms with van der Waals surface area (Å²) in [5.74, 6) is -0.648. The Morgan fingerprint density at radius 1 is 0.969 bits per heavy atom. The van der Waals surface area contributed by atoms with E-state index in [0.29, 0.717) is 27.8 Å². The summed E-state index contributed by atoms with van der Waals surface area (Å²) < 4.78 is 5.22. The lowest BCUT2D eigenvalue weighted by atomic mass is 9.89. The molecule has 164 valence electrons. The summed E-state index contributed by atoms with van der Waals surface area (Å²) in [4.78, 5) is 33.6. The van der Waals surface area contributed by atoms with Gasteiger partial charge in [-0.25, -0.2) is 4.79 Å². The molecule has 9 heteroatoms. The average Bonchev–Trinajstić information content (AvgIpc) is 2.76. The molecule has 9 nitrogen and oxygen atoms in total. The minimum absolute atomic E-state index is 0.0459. The maximum absolute atomic E-state index is 12.8. The van der Waals surface area contributed by atoms with E-state index >= 15 is 0 Å². The molecule has 0 aliphatic rings. The fraction of sp³-hybridized carbons (Fsp3) is 0.174.